The van der Waals surface area contributed by atoms with Gasteiger partial charge in [-0.15, -0.1) is 0 Å². The van der Waals surface area contributed by atoms with E-state index < -0.39 is 0 Å². The van der Waals surface area contributed by atoms with Gasteiger partial charge in [0.25, 0.3) is 0 Å². The van der Waals surface area contributed by atoms with Crippen molar-refractivity contribution >= 4 is 31.9 Å². The normalized spacial score (nSPS) is 21.1. The summed E-state index contributed by atoms with van der Waals surface area (Å²) in [6, 6.07) is 10.6. The van der Waals surface area contributed by atoms with Crippen molar-refractivity contribution in [1.29, 1.82) is 0 Å². The van der Waals surface area contributed by atoms with Gasteiger partial charge in [-0.1, -0.05) is 62.2 Å². The number of hydrogen-bond donors (Lipinski definition) is 1. The van der Waals surface area contributed by atoms with Gasteiger partial charge in [0.05, 0.1) is 4.83 Å². The van der Waals surface area contributed by atoms with Gasteiger partial charge < -0.3 is 5.32 Å². The molecule has 0 aromatic heterocycles. The maximum atomic E-state index is 3.81. The number of benzene rings is 1. The van der Waals surface area contributed by atoms with E-state index in [4.69, 9.17) is 0 Å². The first-order valence-corrected chi connectivity index (χ1v) is 7.86. The van der Waals surface area contributed by atoms with Crippen LogP contribution in [0.3, 0.4) is 0 Å². The molecule has 1 heterocycles. The average molecular weight is 362 g/mol. The first kappa shape index (κ1) is 13.5. The van der Waals surface area contributed by atoms with E-state index in [2.05, 4.69) is 72.4 Å². The molecule has 1 N–H and O–H groups in total. The zero-order valence-electron chi connectivity index (χ0n) is 9.78. The molecule has 1 saturated heterocycles. The van der Waals surface area contributed by atoms with E-state index in [1.807, 2.05) is 0 Å². The van der Waals surface area contributed by atoms with Gasteiger partial charge in [-0.05, 0) is 5.56 Å². The van der Waals surface area contributed by atoms with Gasteiger partial charge in [0.2, 0.25) is 0 Å². The van der Waals surface area contributed by atoms with Crippen molar-refractivity contribution in [1.82, 2.24) is 10.2 Å². The van der Waals surface area contributed by atoms with Crippen LogP contribution in [0.15, 0.2) is 30.3 Å². The minimum absolute atomic E-state index is 0.374. The summed E-state index contributed by atoms with van der Waals surface area (Å²) in [4.78, 5) is 3.33. The Morgan fingerprint density at radius 3 is 2.41 bits per heavy atom. The number of hydrogen-bond acceptors (Lipinski definition) is 2. The standard InChI is InChI=1S/C13H18Br2N2/c14-12(10-17-8-6-16-7-9-17)13(15)11-4-2-1-3-5-11/h1-5,12-13,16H,6-10H2. The number of piperazine rings is 1. The summed E-state index contributed by atoms with van der Waals surface area (Å²) in [5.74, 6) is 0. The fourth-order valence-corrected chi connectivity index (χ4v) is 3.27. The third-order valence-electron chi connectivity index (χ3n) is 3.08. The highest BCUT2D eigenvalue weighted by atomic mass is 79.9. The predicted molar refractivity (Wildman–Crippen MR) is 80.1 cm³/mol. The number of nitrogens with one attached hydrogen (secondary N) is 1. The fraction of sp³-hybridized carbons (Fsp3) is 0.538. The monoisotopic (exact) mass is 360 g/mol. The Kier molecular flexibility index (Phi) is 5.48. The van der Waals surface area contributed by atoms with Crippen LogP contribution in [0.2, 0.25) is 0 Å². The Morgan fingerprint density at radius 2 is 1.76 bits per heavy atom. The average Bonchev–Trinajstić information content (AvgIpc) is 2.40. The molecule has 4 heteroatoms. The molecule has 0 aliphatic carbocycles. The molecule has 1 aliphatic rings. The number of alkyl halides is 2. The molecule has 2 unspecified atom stereocenters. The first-order valence-electron chi connectivity index (χ1n) is 6.03. The smallest absolute Gasteiger partial charge is 0.0532 e. The zero-order valence-corrected chi connectivity index (χ0v) is 13.0. The molecule has 1 fully saturated rings. The lowest BCUT2D eigenvalue weighted by molar-refractivity contribution is 0.242. The van der Waals surface area contributed by atoms with E-state index >= 15 is 0 Å². The van der Waals surface area contributed by atoms with E-state index in [0.717, 1.165) is 32.7 Å². The maximum absolute atomic E-state index is 3.81. The van der Waals surface area contributed by atoms with Gasteiger partial charge >= 0.3 is 0 Å². The third kappa shape index (κ3) is 4.05. The van der Waals surface area contributed by atoms with Crippen LogP contribution in [-0.4, -0.2) is 42.5 Å². The van der Waals surface area contributed by atoms with Crippen LogP contribution < -0.4 is 5.32 Å². The van der Waals surface area contributed by atoms with Crippen molar-refractivity contribution < 1.29 is 0 Å². The summed E-state index contributed by atoms with van der Waals surface area (Å²) < 4.78 is 0. The summed E-state index contributed by atoms with van der Waals surface area (Å²) in [6.07, 6.45) is 0. The number of nitrogens with zero attached hydrogens (tertiary/aromatic N) is 1. The molecule has 94 valence electrons. The van der Waals surface area contributed by atoms with E-state index in [9.17, 15) is 0 Å². The molecule has 2 nitrogen and oxygen atoms in total. The minimum atomic E-state index is 0.374. The van der Waals surface area contributed by atoms with Gasteiger partial charge in [-0.3, -0.25) is 4.90 Å². The van der Waals surface area contributed by atoms with Gasteiger partial charge in [0, 0.05) is 37.6 Å². The molecule has 1 aromatic carbocycles. The first-order chi connectivity index (χ1) is 8.27. The summed E-state index contributed by atoms with van der Waals surface area (Å²) in [5, 5.41) is 3.38. The van der Waals surface area contributed by atoms with Gasteiger partial charge in [-0.25, -0.2) is 0 Å². The molecule has 1 aromatic rings. The van der Waals surface area contributed by atoms with Crippen molar-refractivity contribution in [2.24, 2.45) is 0 Å². The van der Waals surface area contributed by atoms with Crippen LogP contribution in [-0.2, 0) is 0 Å². The molecular formula is C13H18Br2N2. The van der Waals surface area contributed by atoms with Crippen LogP contribution >= 0.6 is 31.9 Å². The highest BCUT2D eigenvalue weighted by Gasteiger charge is 2.21. The fourth-order valence-electron chi connectivity index (χ4n) is 2.08. The lowest BCUT2D eigenvalue weighted by Gasteiger charge is -2.30. The van der Waals surface area contributed by atoms with E-state index in [-0.39, 0.29) is 0 Å². The number of halogens is 2. The van der Waals surface area contributed by atoms with E-state index in [0.29, 0.717) is 9.65 Å². The third-order valence-corrected chi connectivity index (χ3v) is 5.77. The Morgan fingerprint density at radius 1 is 1.12 bits per heavy atom. The minimum Gasteiger partial charge on any atom is -0.314 e. The Hall–Kier alpha value is 0.100. The molecular weight excluding hydrogens is 344 g/mol. The van der Waals surface area contributed by atoms with Gasteiger partial charge in [0.1, 0.15) is 0 Å². The van der Waals surface area contributed by atoms with Crippen molar-refractivity contribution in [2.75, 3.05) is 32.7 Å². The van der Waals surface area contributed by atoms with Crippen molar-refractivity contribution in [2.45, 2.75) is 9.65 Å². The van der Waals surface area contributed by atoms with Crippen molar-refractivity contribution in [3.8, 4) is 0 Å². The largest absolute Gasteiger partial charge is 0.314 e. The Labute approximate surface area is 120 Å². The molecule has 17 heavy (non-hydrogen) atoms. The molecule has 0 bridgehead atoms. The van der Waals surface area contributed by atoms with Crippen LogP contribution in [0.25, 0.3) is 0 Å². The lowest BCUT2D eigenvalue weighted by atomic mass is 10.1. The van der Waals surface area contributed by atoms with Crippen LogP contribution in [0.1, 0.15) is 10.4 Å². The second kappa shape index (κ2) is 6.88. The quantitative estimate of drug-likeness (QED) is 0.829. The highest BCUT2D eigenvalue weighted by molar-refractivity contribution is 9.12. The predicted octanol–water partition coefficient (Wildman–Crippen LogP) is 2.79. The maximum Gasteiger partial charge on any atom is 0.0532 e. The Balaban J connectivity index is 1.88. The van der Waals surface area contributed by atoms with Crippen molar-refractivity contribution in [3.05, 3.63) is 35.9 Å². The second-order valence-corrected chi connectivity index (χ2v) is 6.54. The Bertz CT molecular complexity index is 325. The van der Waals surface area contributed by atoms with Crippen LogP contribution in [0.5, 0.6) is 0 Å². The lowest BCUT2D eigenvalue weighted by Crippen LogP contribution is -2.45. The summed E-state index contributed by atoms with van der Waals surface area (Å²) in [6.45, 7) is 5.61. The molecule has 0 radical (unpaired) electrons. The number of rotatable bonds is 4. The second-order valence-electron chi connectivity index (χ2n) is 4.38. The highest BCUT2D eigenvalue weighted by Crippen LogP contribution is 2.31. The summed E-state index contributed by atoms with van der Waals surface area (Å²) in [7, 11) is 0. The summed E-state index contributed by atoms with van der Waals surface area (Å²) in [5.41, 5.74) is 1.34. The van der Waals surface area contributed by atoms with Gasteiger partial charge in [-0.2, -0.15) is 0 Å². The SMILES string of the molecule is BrC(CN1CCNCC1)C(Br)c1ccccc1. The van der Waals surface area contributed by atoms with Crippen LogP contribution in [0.4, 0.5) is 0 Å². The zero-order chi connectivity index (χ0) is 12.1. The molecule has 0 saturated carbocycles. The molecule has 0 spiro atoms. The summed E-state index contributed by atoms with van der Waals surface area (Å²) >= 11 is 7.60. The van der Waals surface area contributed by atoms with Gasteiger partial charge in [0.15, 0.2) is 0 Å². The molecule has 1 aliphatic heterocycles. The van der Waals surface area contributed by atoms with E-state index in [1.165, 1.54) is 5.56 Å². The molecule has 0 amide bonds. The topological polar surface area (TPSA) is 15.3 Å². The molecule has 2 rings (SSSR count). The van der Waals surface area contributed by atoms with Crippen LogP contribution in [0, 0.1) is 0 Å². The van der Waals surface area contributed by atoms with E-state index in [1.54, 1.807) is 0 Å². The van der Waals surface area contributed by atoms with Crippen molar-refractivity contribution in [3.63, 3.8) is 0 Å². The molecule has 2 atom stereocenters.